The maximum Gasteiger partial charge on any atom is 0.272 e. The molecule has 21 heavy (non-hydrogen) atoms. The van der Waals surface area contributed by atoms with E-state index < -0.39 is 4.92 Å². The Bertz CT molecular complexity index is 847. The molecule has 0 aliphatic heterocycles. The van der Waals surface area contributed by atoms with E-state index in [1.165, 1.54) is 12.1 Å². The first kappa shape index (κ1) is 12.9. The monoisotopic (exact) mass is 284 g/mol. The normalized spacial score (nSPS) is 10.7. The fourth-order valence-corrected chi connectivity index (χ4v) is 2.13. The Morgan fingerprint density at radius 2 is 2.14 bits per heavy atom. The van der Waals surface area contributed by atoms with Crippen molar-refractivity contribution in [3.63, 3.8) is 0 Å². The predicted octanol–water partition coefficient (Wildman–Crippen LogP) is 2.67. The highest BCUT2D eigenvalue weighted by Gasteiger charge is 2.13. The maximum absolute atomic E-state index is 12.1. The van der Waals surface area contributed by atoms with Gasteiger partial charge in [-0.05, 0) is 18.2 Å². The van der Waals surface area contributed by atoms with Crippen LogP contribution in [0.2, 0.25) is 0 Å². The van der Waals surface area contributed by atoms with Gasteiger partial charge in [0.1, 0.15) is 5.69 Å². The third-order valence-corrected chi connectivity index (χ3v) is 3.15. The number of nitrogens with one attached hydrogen (secondary N) is 2. The number of fused-ring (bicyclic) bond motifs is 1. The molecule has 2 aromatic heterocycles. The van der Waals surface area contributed by atoms with Gasteiger partial charge in [0.15, 0.2) is 0 Å². The summed E-state index contributed by atoms with van der Waals surface area (Å²) in [7, 11) is 1.86. The molecule has 2 N–H and O–H groups in total. The lowest BCUT2D eigenvalue weighted by atomic mass is 10.2. The molecule has 0 spiro atoms. The summed E-state index contributed by atoms with van der Waals surface area (Å²) in [5.74, 6) is -0.292. The van der Waals surface area contributed by atoms with Gasteiger partial charge in [0.25, 0.3) is 11.6 Å². The summed E-state index contributed by atoms with van der Waals surface area (Å²) >= 11 is 0. The van der Waals surface area contributed by atoms with E-state index in [-0.39, 0.29) is 11.6 Å². The highest BCUT2D eigenvalue weighted by atomic mass is 16.6. The first-order chi connectivity index (χ1) is 10.0. The smallest absolute Gasteiger partial charge is 0.272 e. The van der Waals surface area contributed by atoms with Crippen LogP contribution in [0.1, 0.15) is 10.5 Å². The highest BCUT2D eigenvalue weighted by molar-refractivity contribution is 6.06. The zero-order valence-corrected chi connectivity index (χ0v) is 11.2. The molecule has 0 radical (unpaired) electrons. The molecule has 7 nitrogen and oxygen atoms in total. The van der Waals surface area contributed by atoms with Crippen molar-refractivity contribution in [2.24, 2.45) is 7.05 Å². The number of rotatable bonds is 3. The number of aromatic amines is 1. The van der Waals surface area contributed by atoms with Crippen LogP contribution in [0.4, 0.5) is 11.4 Å². The molecule has 0 atom stereocenters. The molecule has 3 rings (SSSR count). The minimum Gasteiger partial charge on any atom is -0.355 e. The van der Waals surface area contributed by atoms with Crippen molar-refractivity contribution in [3.8, 4) is 0 Å². The fourth-order valence-electron chi connectivity index (χ4n) is 2.13. The zero-order valence-electron chi connectivity index (χ0n) is 11.2. The number of non-ortho nitro benzene ring substituents is 1. The molecular formula is C14H12N4O3. The van der Waals surface area contributed by atoms with E-state index in [4.69, 9.17) is 0 Å². The molecule has 0 saturated heterocycles. The lowest BCUT2D eigenvalue weighted by molar-refractivity contribution is -0.384. The third-order valence-electron chi connectivity index (χ3n) is 3.15. The van der Waals surface area contributed by atoms with Gasteiger partial charge in [-0.3, -0.25) is 14.9 Å². The van der Waals surface area contributed by atoms with E-state index in [9.17, 15) is 14.9 Å². The molecule has 7 heteroatoms. The number of benzene rings is 1. The number of anilines is 1. The Morgan fingerprint density at radius 3 is 2.81 bits per heavy atom. The molecule has 0 fully saturated rings. The second-order valence-corrected chi connectivity index (χ2v) is 4.73. The summed E-state index contributed by atoms with van der Waals surface area (Å²) in [4.78, 5) is 25.3. The molecule has 0 unspecified atom stereocenters. The number of carbonyl (C=O) groups is 1. The van der Waals surface area contributed by atoms with Crippen molar-refractivity contribution < 1.29 is 9.72 Å². The van der Waals surface area contributed by atoms with Crippen molar-refractivity contribution in [3.05, 3.63) is 58.5 Å². The number of nitro groups is 1. The predicted molar refractivity (Wildman–Crippen MR) is 78.3 cm³/mol. The van der Waals surface area contributed by atoms with Gasteiger partial charge in [0.2, 0.25) is 0 Å². The van der Waals surface area contributed by atoms with Gasteiger partial charge < -0.3 is 14.9 Å². The Kier molecular flexibility index (Phi) is 2.94. The highest BCUT2D eigenvalue weighted by Crippen LogP contribution is 2.22. The van der Waals surface area contributed by atoms with Crippen LogP contribution in [0.5, 0.6) is 0 Å². The van der Waals surface area contributed by atoms with Gasteiger partial charge in [-0.1, -0.05) is 0 Å². The Balaban J connectivity index is 1.89. The van der Waals surface area contributed by atoms with E-state index in [1.54, 1.807) is 24.4 Å². The number of hydrogen-bond donors (Lipinski definition) is 2. The second-order valence-electron chi connectivity index (χ2n) is 4.73. The fraction of sp³-hybridized carbons (Fsp3) is 0.0714. The van der Waals surface area contributed by atoms with E-state index in [0.717, 1.165) is 5.39 Å². The van der Waals surface area contributed by atoms with Crippen LogP contribution in [0.25, 0.3) is 10.9 Å². The number of nitrogens with zero attached hydrogens (tertiary/aromatic N) is 2. The number of hydrogen-bond acceptors (Lipinski definition) is 3. The van der Waals surface area contributed by atoms with Gasteiger partial charge in [-0.2, -0.15) is 0 Å². The molecule has 2 heterocycles. The lowest BCUT2D eigenvalue weighted by Gasteiger charge is -1.99. The number of amides is 1. The number of H-pyrrole nitrogens is 1. The summed E-state index contributed by atoms with van der Waals surface area (Å²) in [6, 6.07) is 7.88. The minimum atomic E-state index is -0.468. The Morgan fingerprint density at radius 1 is 1.33 bits per heavy atom. The summed E-state index contributed by atoms with van der Waals surface area (Å²) < 4.78 is 1.82. The van der Waals surface area contributed by atoms with E-state index in [0.29, 0.717) is 16.9 Å². The topological polar surface area (TPSA) is 93.0 Å². The van der Waals surface area contributed by atoms with Crippen LogP contribution >= 0.6 is 0 Å². The van der Waals surface area contributed by atoms with Crippen LogP contribution in [-0.4, -0.2) is 20.4 Å². The summed E-state index contributed by atoms with van der Waals surface area (Å²) in [6.45, 7) is 0. The largest absolute Gasteiger partial charge is 0.355 e. The maximum atomic E-state index is 12.1. The van der Waals surface area contributed by atoms with Gasteiger partial charge in [0.05, 0.1) is 16.1 Å². The van der Waals surface area contributed by atoms with Gasteiger partial charge >= 0.3 is 0 Å². The van der Waals surface area contributed by atoms with Crippen LogP contribution in [-0.2, 0) is 7.05 Å². The van der Waals surface area contributed by atoms with E-state index >= 15 is 0 Å². The SMILES string of the molecule is Cn1ccc(NC(=O)c2cc3ccc([N+](=O)[O-])cc3[nH]2)c1. The average Bonchev–Trinajstić information content (AvgIpc) is 3.03. The average molecular weight is 284 g/mol. The molecule has 106 valence electrons. The number of aromatic nitrogens is 2. The van der Waals surface area contributed by atoms with E-state index in [1.807, 2.05) is 17.8 Å². The quantitative estimate of drug-likeness (QED) is 0.572. The van der Waals surface area contributed by atoms with Crippen LogP contribution < -0.4 is 5.32 Å². The number of nitro benzene ring substituents is 1. The van der Waals surface area contributed by atoms with Crippen molar-refractivity contribution in [1.29, 1.82) is 0 Å². The number of carbonyl (C=O) groups excluding carboxylic acids is 1. The van der Waals surface area contributed by atoms with Gasteiger partial charge in [0, 0.05) is 37.0 Å². The molecule has 3 aromatic rings. The summed E-state index contributed by atoms with van der Waals surface area (Å²) in [6.07, 6.45) is 3.61. The molecular weight excluding hydrogens is 272 g/mol. The molecule has 0 aliphatic rings. The molecule has 1 aromatic carbocycles. The van der Waals surface area contributed by atoms with Gasteiger partial charge in [-0.15, -0.1) is 0 Å². The molecule has 1 amide bonds. The summed E-state index contributed by atoms with van der Waals surface area (Å²) in [5, 5.41) is 14.2. The van der Waals surface area contributed by atoms with E-state index in [2.05, 4.69) is 10.3 Å². The Hall–Kier alpha value is -3.09. The summed E-state index contributed by atoms with van der Waals surface area (Å²) in [5.41, 5.74) is 1.59. The minimum absolute atomic E-state index is 0.0145. The van der Waals surface area contributed by atoms with Crippen molar-refractivity contribution >= 4 is 28.2 Å². The second kappa shape index (κ2) is 4.78. The molecule has 0 saturated carbocycles. The van der Waals surface area contributed by atoms with Crippen LogP contribution in [0.15, 0.2) is 42.7 Å². The standard InChI is InChI=1S/C14H12N4O3/c1-17-5-4-10(8-17)15-14(19)13-6-9-2-3-11(18(20)21)7-12(9)16-13/h2-8,16H,1H3,(H,15,19). The van der Waals surface area contributed by atoms with Crippen LogP contribution in [0.3, 0.4) is 0 Å². The molecule has 0 aliphatic carbocycles. The molecule has 0 bridgehead atoms. The first-order valence-corrected chi connectivity index (χ1v) is 6.23. The van der Waals surface area contributed by atoms with Crippen molar-refractivity contribution in [2.45, 2.75) is 0 Å². The van der Waals surface area contributed by atoms with Crippen LogP contribution in [0, 0.1) is 10.1 Å². The van der Waals surface area contributed by atoms with Gasteiger partial charge in [-0.25, -0.2) is 0 Å². The third kappa shape index (κ3) is 2.48. The number of aryl methyl sites for hydroxylation is 1. The first-order valence-electron chi connectivity index (χ1n) is 6.23. The Labute approximate surface area is 119 Å². The zero-order chi connectivity index (χ0) is 15.0. The lowest BCUT2D eigenvalue weighted by Crippen LogP contribution is -2.11. The van der Waals surface area contributed by atoms with Crippen molar-refractivity contribution in [1.82, 2.24) is 9.55 Å². The van der Waals surface area contributed by atoms with Crippen molar-refractivity contribution in [2.75, 3.05) is 5.32 Å².